The summed E-state index contributed by atoms with van der Waals surface area (Å²) in [6.07, 6.45) is 0. The molecule has 3 rings (SSSR count). The molecule has 0 aromatic heterocycles. The van der Waals surface area contributed by atoms with Crippen LogP contribution in [0.15, 0.2) is 41.3 Å². The summed E-state index contributed by atoms with van der Waals surface area (Å²) >= 11 is 0. The van der Waals surface area contributed by atoms with Crippen LogP contribution >= 0.6 is 0 Å². The standard InChI is InChI=1S/C21H28N2O3S/c1-16-12-18(3)20(13-17(16)2)15-22-14-19-4-6-21(7-5-19)27(24,25)23-8-10-26-11-9-23/h4-7,12-13,22H,8-11,14-15H2,1-3H3. The number of aryl methyl sites for hydroxylation is 3. The van der Waals surface area contributed by atoms with E-state index in [0.717, 1.165) is 12.1 Å². The lowest BCUT2D eigenvalue weighted by Gasteiger charge is -2.26. The highest BCUT2D eigenvalue weighted by Gasteiger charge is 2.25. The van der Waals surface area contributed by atoms with Gasteiger partial charge < -0.3 is 10.1 Å². The van der Waals surface area contributed by atoms with E-state index in [0.29, 0.717) is 37.7 Å². The quantitative estimate of drug-likeness (QED) is 0.827. The Labute approximate surface area is 162 Å². The third-order valence-electron chi connectivity index (χ3n) is 5.13. The molecule has 0 bridgehead atoms. The van der Waals surface area contributed by atoms with E-state index in [-0.39, 0.29) is 0 Å². The maximum atomic E-state index is 12.6. The van der Waals surface area contributed by atoms with Crippen LogP contribution in [0.4, 0.5) is 0 Å². The molecule has 1 saturated heterocycles. The minimum atomic E-state index is -3.42. The smallest absolute Gasteiger partial charge is 0.243 e. The van der Waals surface area contributed by atoms with Gasteiger partial charge in [-0.1, -0.05) is 24.3 Å². The average molecular weight is 389 g/mol. The van der Waals surface area contributed by atoms with E-state index in [1.54, 1.807) is 12.1 Å². The van der Waals surface area contributed by atoms with Crippen LogP contribution in [-0.2, 0) is 27.8 Å². The summed E-state index contributed by atoms with van der Waals surface area (Å²) in [6, 6.07) is 11.6. The fraction of sp³-hybridized carbons (Fsp3) is 0.429. The first-order chi connectivity index (χ1) is 12.9. The van der Waals surface area contributed by atoms with Crippen molar-refractivity contribution in [2.24, 2.45) is 0 Å². The van der Waals surface area contributed by atoms with Crippen molar-refractivity contribution in [2.75, 3.05) is 26.3 Å². The fourth-order valence-electron chi connectivity index (χ4n) is 3.27. The van der Waals surface area contributed by atoms with Crippen molar-refractivity contribution in [1.29, 1.82) is 0 Å². The van der Waals surface area contributed by atoms with Crippen LogP contribution in [-0.4, -0.2) is 39.0 Å². The second kappa shape index (κ2) is 8.52. The van der Waals surface area contributed by atoms with Gasteiger partial charge in [0.1, 0.15) is 0 Å². The third kappa shape index (κ3) is 4.76. The highest BCUT2D eigenvalue weighted by Crippen LogP contribution is 2.18. The number of hydrogen-bond donors (Lipinski definition) is 1. The van der Waals surface area contributed by atoms with E-state index in [2.05, 4.69) is 38.2 Å². The molecule has 1 N–H and O–H groups in total. The van der Waals surface area contributed by atoms with Crippen LogP contribution < -0.4 is 5.32 Å². The van der Waals surface area contributed by atoms with Gasteiger partial charge in [-0.15, -0.1) is 0 Å². The molecule has 1 aliphatic heterocycles. The summed E-state index contributed by atoms with van der Waals surface area (Å²) in [5.74, 6) is 0. The van der Waals surface area contributed by atoms with Crippen LogP contribution in [0.1, 0.15) is 27.8 Å². The first-order valence-electron chi connectivity index (χ1n) is 9.32. The molecular weight excluding hydrogens is 360 g/mol. The highest BCUT2D eigenvalue weighted by atomic mass is 32.2. The van der Waals surface area contributed by atoms with E-state index in [1.165, 1.54) is 26.6 Å². The van der Waals surface area contributed by atoms with Gasteiger partial charge in [-0.05, 0) is 60.7 Å². The van der Waals surface area contributed by atoms with Crippen molar-refractivity contribution in [3.05, 3.63) is 64.2 Å². The number of ether oxygens (including phenoxy) is 1. The zero-order chi connectivity index (χ0) is 19.4. The summed E-state index contributed by atoms with van der Waals surface area (Å²) in [4.78, 5) is 0.346. The molecular formula is C21H28N2O3S. The monoisotopic (exact) mass is 388 g/mol. The minimum Gasteiger partial charge on any atom is -0.379 e. The van der Waals surface area contributed by atoms with Crippen molar-refractivity contribution >= 4 is 10.0 Å². The van der Waals surface area contributed by atoms with Gasteiger partial charge in [0.2, 0.25) is 10.0 Å². The predicted molar refractivity (Wildman–Crippen MR) is 107 cm³/mol. The minimum absolute atomic E-state index is 0.346. The fourth-order valence-corrected chi connectivity index (χ4v) is 4.68. The summed E-state index contributed by atoms with van der Waals surface area (Å²) in [7, 11) is -3.42. The summed E-state index contributed by atoms with van der Waals surface area (Å²) in [5.41, 5.74) is 6.27. The van der Waals surface area contributed by atoms with Crippen molar-refractivity contribution in [3.63, 3.8) is 0 Å². The molecule has 0 saturated carbocycles. The van der Waals surface area contributed by atoms with Crippen LogP contribution in [0, 0.1) is 20.8 Å². The molecule has 0 spiro atoms. The van der Waals surface area contributed by atoms with Crippen molar-refractivity contribution in [2.45, 2.75) is 38.8 Å². The molecule has 5 nitrogen and oxygen atoms in total. The van der Waals surface area contributed by atoms with E-state index in [4.69, 9.17) is 4.74 Å². The van der Waals surface area contributed by atoms with Crippen LogP contribution in [0.5, 0.6) is 0 Å². The molecule has 0 atom stereocenters. The normalized spacial score (nSPS) is 15.8. The Morgan fingerprint density at radius 2 is 1.56 bits per heavy atom. The number of hydrogen-bond acceptors (Lipinski definition) is 4. The zero-order valence-electron chi connectivity index (χ0n) is 16.3. The van der Waals surface area contributed by atoms with E-state index >= 15 is 0 Å². The number of rotatable bonds is 6. The van der Waals surface area contributed by atoms with Gasteiger partial charge in [-0.2, -0.15) is 4.31 Å². The molecule has 1 aliphatic rings. The van der Waals surface area contributed by atoms with Gasteiger partial charge in [0.15, 0.2) is 0 Å². The van der Waals surface area contributed by atoms with E-state index in [9.17, 15) is 8.42 Å². The Morgan fingerprint density at radius 3 is 2.22 bits per heavy atom. The largest absolute Gasteiger partial charge is 0.379 e. The Kier molecular flexibility index (Phi) is 6.32. The van der Waals surface area contributed by atoms with Gasteiger partial charge in [-0.3, -0.25) is 0 Å². The first kappa shape index (κ1) is 20.0. The molecule has 27 heavy (non-hydrogen) atoms. The van der Waals surface area contributed by atoms with Gasteiger partial charge in [0, 0.05) is 26.2 Å². The molecule has 1 heterocycles. The maximum Gasteiger partial charge on any atom is 0.243 e. The lowest BCUT2D eigenvalue weighted by atomic mass is 10.0. The lowest BCUT2D eigenvalue weighted by molar-refractivity contribution is 0.0730. The molecule has 0 aliphatic carbocycles. The van der Waals surface area contributed by atoms with Gasteiger partial charge in [0.25, 0.3) is 0 Å². The Balaban J connectivity index is 1.60. The number of nitrogens with one attached hydrogen (secondary N) is 1. The number of nitrogens with zero attached hydrogens (tertiary/aromatic N) is 1. The predicted octanol–water partition coefficient (Wildman–Crippen LogP) is 2.92. The van der Waals surface area contributed by atoms with Crippen LogP contribution in [0.2, 0.25) is 0 Å². The number of morpholine rings is 1. The Morgan fingerprint density at radius 1 is 0.926 bits per heavy atom. The topological polar surface area (TPSA) is 58.6 Å². The Bertz CT molecular complexity index is 886. The molecule has 2 aromatic carbocycles. The van der Waals surface area contributed by atoms with Gasteiger partial charge >= 0.3 is 0 Å². The second-order valence-electron chi connectivity index (χ2n) is 7.13. The molecule has 0 amide bonds. The highest BCUT2D eigenvalue weighted by molar-refractivity contribution is 7.89. The third-order valence-corrected chi connectivity index (χ3v) is 7.04. The molecule has 1 fully saturated rings. The summed E-state index contributed by atoms with van der Waals surface area (Å²) in [6.45, 7) is 9.64. The SMILES string of the molecule is Cc1cc(C)c(CNCc2ccc(S(=O)(=O)N3CCOCC3)cc2)cc1C. The van der Waals surface area contributed by atoms with Crippen molar-refractivity contribution < 1.29 is 13.2 Å². The van der Waals surface area contributed by atoms with Crippen molar-refractivity contribution in [3.8, 4) is 0 Å². The average Bonchev–Trinajstić information content (AvgIpc) is 2.67. The molecule has 2 aromatic rings. The van der Waals surface area contributed by atoms with Gasteiger partial charge in [-0.25, -0.2) is 8.42 Å². The van der Waals surface area contributed by atoms with Crippen LogP contribution in [0.25, 0.3) is 0 Å². The lowest BCUT2D eigenvalue weighted by Crippen LogP contribution is -2.40. The summed E-state index contributed by atoms with van der Waals surface area (Å²) < 4.78 is 32.0. The molecule has 6 heteroatoms. The summed E-state index contributed by atoms with van der Waals surface area (Å²) in [5, 5.41) is 3.45. The molecule has 146 valence electrons. The van der Waals surface area contributed by atoms with Crippen molar-refractivity contribution in [1.82, 2.24) is 9.62 Å². The second-order valence-corrected chi connectivity index (χ2v) is 9.06. The number of benzene rings is 2. The van der Waals surface area contributed by atoms with Gasteiger partial charge in [0.05, 0.1) is 18.1 Å². The van der Waals surface area contributed by atoms with E-state index < -0.39 is 10.0 Å². The zero-order valence-corrected chi connectivity index (χ0v) is 17.1. The molecule has 0 radical (unpaired) electrons. The molecule has 0 unspecified atom stereocenters. The van der Waals surface area contributed by atoms with E-state index in [1.807, 2.05) is 12.1 Å². The number of sulfonamides is 1. The first-order valence-corrected chi connectivity index (χ1v) is 10.8. The Hall–Kier alpha value is -1.73. The van der Waals surface area contributed by atoms with Crippen LogP contribution in [0.3, 0.4) is 0 Å². The maximum absolute atomic E-state index is 12.6.